The maximum atomic E-state index is 5.70. The van der Waals surface area contributed by atoms with Crippen molar-refractivity contribution in [2.75, 3.05) is 12.3 Å². The van der Waals surface area contributed by atoms with Crippen LogP contribution in [0.15, 0.2) is 0 Å². The van der Waals surface area contributed by atoms with Gasteiger partial charge >= 0.3 is 0 Å². The van der Waals surface area contributed by atoms with E-state index in [1.54, 1.807) is 11.3 Å². The summed E-state index contributed by atoms with van der Waals surface area (Å²) in [5, 5.41) is 4.16. The number of rotatable bonds is 2. The van der Waals surface area contributed by atoms with Gasteiger partial charge in [0.05, 0.1) is 11.7 Å². The molecule has 1 aromatic heterocycles. The van der Waals surface area contributed by atoms with Crippen molar-refractivity contribution in [2.24, 2.45) is 0 Å². The van der Waals surface area contributed by atoms with Crippen LogP contribution >= 0.6 is 11.3 Å². The molecular formula is C9H15N3S. The smallest absolute Gasteiger partial charge is 0.180 e. The third-order valence-corrected chi connectivity index (χ3v) is 3.38. The Morgan fingerprint density at radius 1 is 1.69 bits per heavy atom. The maximum absolute atomic E-state index is 5.70. The average molecular weight is 197 g/mol. The van der Waals surface area contributed by atoms with Gasteiger partial charge in [-0.25, -0.2) is 4.98 Å². The van der Waals surface area contributed by atoms with Crippen LogP contribution in [0, 0.1) is 0 Å². The number of thiazole rings is 1. The van der Waals surface area contributed by atoms with Crippen molar-refractivity contribution in [3.05, 3.63) is 10.6 Å². The van der Waals surface area contributed by atoms with Crippen molar-refractivity contribution >= 4 is 16.5 Å². The Balaban J connectivity index is 2.25. The summed E-state index contributed by atoms with van der Waals surface area (Å²) in [6.45, 7) is 3.13. The lowest BCUT2D eigenvalue weighted by Crippen LogP contribution is -2.24. The summed E-state index contributed by atoms with van der Waals surface area (Å²) in [6.07, 6.45) is 3.61. The molecule has 4 heteroatoms. The van der Waals surface area contributed by atoms with Crippen LogP contribution in [-0.4, -0.2) is 11.5 Å². The fourth-order valence-corrected chi connectivity index (χ4v) is 2.82. The van der Waals surface area contributed by atoms with E-state index in [9.17, 15) is 0 Å². The SMILES string of the molecule is CCNC1CCCc2sc(N)nc21. The van der Waals surface area contributed by atoms with Crippen molar-refractivity contribution in [3.63, 3.8) is 0 Å². The van der Waals surface area contributed by atoms with E-state index < -0.39 is 0 Å². The molecule has 1 heterocycles. The first-order valence-electron chi connectivity index (χ1n) is 4.79. The molecule has 1 aromatic rings. The predicted octanol–water partition coefficient (Wildman–Crippen LogP) is 1.71. The van der Waals surface area contributed by atoms with Crippen LogP contribution in [0.1, 0.15) is 36.4 Å². The molecule has 13 heavy (non-hydrogen) atoms. The summed E-state index contributed by atoms with van der Waals surface area (Å²) in [6, 6.07) is 0.447. The fraction of sp³-hybridized carbons (Fsp3) is 0.667. The van der Waals surface area contributed by atoms with E-state index in [-0.39, 0.29) is 0 Å². The number of aryl methyl sites for hydroxylation is 1. The molecule has 0 aromatic carbocycles. The van der Waals surface area contributed by atoms with Crippen LogP contribution in [0.5, 0.6) is 0 Å². The average Bonchev–Trinajstić information content (AvgIpc) is 2.47. The largest absolute Gasteiger partial charge is 0.375 e. The first kappa shape index (κ1) is 8.97. The zero-order valence-electron chi connectivity index (χ0n) is 7.84. The molecule has 3 nitrogen and oxygen atoms in total. The highest BCUT2D eigenvalue weighted by Crippen LogP contribution is 2.33. The van der Waals surface area contributed by atoms with E-state index in [1.165, 1.54) is 23.4 Å². The summed E-state index contributed by atoms with van der Waals surface area (Å²) in [7, 11) is 0. The molecule has 1 atom stereocenters. The Morgan fingerprint density at radius 2 is 2.54 bits per heavy atom. The Hall–Kier alpha value is -0.610. The van der Waals surface area contributed by atoms with E-state index in [1.807, 2.05) is 0 Å². The van der Waals surface area contributed by atoms with E-state index in [0.717, 1.165) is 18.1 Å². The quantitative estimate of drug-likeness (QED) is 0.759. The zero-order valence-corrected chi connectivity index (χ0v) is 8.66. The second-order valence-corrected chi connectivity index (χ2v) is 4.48. The second kappa shape index (κ2) is 3.64. The Kier molecular flexibility index (Phi) is 2.51. The van der Waals surface area contributed by atoms with Gasteiger partial charge in [0.15, 0.2) is 5.13 Å². The van der Waals surface area contributed by atoms with Gasteiger partial charge in [0.25, 0.3) is 0 Å². The molecule has 0 saturated carbocycles. The van der Waals surface area contributed by atoms with Crippen LogP contribution in [0.2, 0.25) is 0 Å². The Labute approximate surface area is 82.4 Å². The van der Waals surface area contributed by atoms with Gasteiger partial charge in [-0.1, -0.05) is 6.92 Å². The van der Waals surface area contributed by atoms with Crippen molar-refractivity contribution < 1.29 is 0 Å². The van der Waals surface area contributed by atoms with E-state index >= 15 is 0 Å². The van der Waals surface area contributed by atoms with E-state index in [2.05, 4.69) is 17.2 Å². The zero-order chi connectivity index (χ0) is 9.26. The highest BCUT2D eigenvalue weighted by atomic mass is 32.1. The lowest BCUT2D eigenvalue weighted by molar-refractivity contribution is 0.466. The first-order valence-corrected chi connectivity index (χ1v) is 5.61. The van der Waals surface area contributed by atoms with E-state index in [0.29, 0.717) is 6.04 Å². The lowest BCUT2D eigenvalue weighted by Gasteiger charge is -2.21. The number of nitrogen functional groups attached to an aromatic ring is 1. The number of fused-ring (bicyclic) bond motifs is 1. The number of nitrogens with zero attached hydrogens (tertiary/aromatic N) is 1. The first-order chi connectivity index (χ1) is 6.31. The van der Waals surface area contributed by atoms with Gasteiger partial charge in [0.1, 0.15) is 0 Å². The van der Waals surface area contributed by atoms with Crippen molar-refractivity contribution in [1.82, 2.24) is 10.3 Å². The summed E-state index contributed by atoms with van der Waals surface area (Å²) >= 11 is 1.65. The third-order valence-electron chi connectivity index (χ3n) is 2.42. The van der Waals surface area contributed by atoms with Gasteiger partial charge in [0, 0.05) is 4.88 Å². The lowest BCUT2D eigenvalue weighted by atomic mass is 9.98. The molecule has 0 aliphatic heterocycles. The van der Waals surface area contributed by atoms with E-state index in [4.69, 9.17) is 5.73 Å². The molecule has 0 bridgehead atoms. The van der Waals surface area contributed by atoms with Crippen molar-refractivity contribution in [1.29, 1.82) is 0 Å². The number of nitrogens with one attached hydrogen (secondary N) is 1. The minimum absolute atomic E-state index is 0.447. The van der Waals surface area contributed by atoms with Crippen LogP contribution in [0.25, 0.3) is 0 Å². The topological polar surface area (TPSA) is 50.9 Å². The molecule has 1 aliphatic rings. The minimum atomic E-state index is 0.447. The summed E-state index contributed by atoms with van der Waals surface area (Å²) in [5.41, 5.74) is 6.90. The van der Waals surface area contributed by atoms with Crippen LogP contribution in [-0.2, 0) is 6.42 Å². The van der Waals surface area contributed by atoms with Gasteiger partial charge in [-0.15, -0.1) is 11.3 Å². The molecule has 0 saturated heterocycles. The summed E-state index contributed by atoms with van der Waals surface area (Å²) in [4.78, 5) is 5.77. The van der Waals surface area contributed by atoms with Crippen LogP contribution < -0.4 is 11.1 Å². The van der Waals surface area contributed by atoms with Crippen LogP contribution in [0.4, 0.5) is 5.13 Å². The molecule has 1 unspecified atom stereocenters. The van der Waals surface area contributed by atoms with Gasteiger partial charge in [-0.3, -0.25) is 0 Å². The number of aromatic nitrogens is 1. The third kappa shape index (κ3) is 1.69. The molecule has 0 amide bonds. The normalized spacial score (nSPS) is 21.5. The van der Waals surface area contributed by atoms with Gasteiger partial charge in [-0.05, 0) is 25.8 Å². The molecule has 3 N–H and O–H groups in total. The number of hydrogen-bond donors (Lipinski definition) is 2. The summed E-state index contributed by atoms with van der Waals surface area (Å²) in [5.74, 6) is 0. The Bertz CT molecular complexity index is 295. The molecule has 0 fully saturated rings. The molecule has 1 aliphatic carbocycles. The van der Waals surface area contributed by atoms with Gasteiger partial charge in [-0.2, -0.15) is 0 Å². The van der Waals surface area contributed by atoms with Crippen LogP contribution in [0.3, 0.4) is 0 Å². The standard InChI is InChI=1S/C9H15N3S/c1-2-11-6-4-3-5-7-8(6)12-9(10)13-7/h6,11H,2-5H2,1H3,(H2,10,12). The minimum Gasteiger partial charge on any atom is -0.375 e. The predicted molar refractivity (Wildman–Crippen MR) is 55.9 cm³/mol. The summed E-state index contributed by atoms with van der Waals surface area (Å²) < 4.78 is 0. The highest BCUT2D eigenvalue weighted by Gasteiger charge is 2.22. The van der Waals surface area contributed by atoms with Crippen molar-refractivity contribution in [2.45, 2.75) is 32.2 Å². The fourth-order valence-electron chi connectivity index (χ4n) is 1.88. The number of hydrogen-bond acceptors (Lipinski definition) is 4. The molecule has 0 spiro atoms. The molecule has 72 valence electrons. The number of nitrogens with two attached hydrogens (primary N) is 1. The van der Waals surface area contributed by atoms with Crippen molar-refractivity contribution in [3.8, 4) is 0 Å². The molecule has 2 rings (SSSR count). The molecule has 0 radical (unpaired) electrons. The van der Waals surface area contributed by atoms with Gasteiger partial charge < -0.3 is 11.1 Å². The monoisotopic (exact) mass is 197 g/mol. The highest BCUT2D eigenvalue weighted by molar-refractivity contribution is 7.15. The Morgan fingerprint density at radius 3 is 3.31 bits per heavy atom. The maximum Gasteiger partial charge on any atom is 0.180 e. The van der Waals surface area contributed by atoms with Gasteiger partial charge in [0.2, 0.25) is 0 Å². The number of anilines is 1. The molecular weight excluding hydrogens is 182 g/mol. The second-order valence-electron chi connectivity index (χ2n) is 3.36.